The minimum Gasteiger partial charge on any atom is -0.315 e. The van der Waals surface area contributed by atoms with Gasteiger partial charge in [0.25, 0.3) is 5.91 Å². The lowest BCUT2D eigenvalue weighted by atomic mass is 10.2. The highest BCUT2D eigenvalue weighted by Gasteiger charge is 2.30. The molecule has 3 heteroatoms. The fourth-order valence-corrected chi connectivity index (χ4v) is 5.61. The SMILES string of the molecule is Cc1ccccc1NC(=O)C#C[Si](C)(c1ccccc1)c1ccccc1. The summed E-state index contributed by atoms with van der Waals surface area (Å²) in [5, 5.41) is 5.29. The van der Waals surface area contributed by atoms with Crippen LogP contribution in [0.25, 0.3) is 0 Å². The van der Waals surface area contributed by atoms with Crippen LogP contribution in [0.4, 0.5) is 5.69 Å². The van der Waals surface area contributed by atoms with Crippen molar-refractivity contribution in [3.63, 3.8) is 0 Å². The molecule has 0 saturated carbocycles. The zero-order valence-corrected chi connectivity index (χ0v) is 16.0. The van der Waals surface area contributed by atoms with Crippen LogP contribution in [-0.2, 0) is 4.79 Å². The average molecular weight is 356 g/mol. The first-order valence-electron chi connectivity index (χ1n) is 8.60. The normalized spacial score (nSPS) is 10.5. The molecule has 0 unspecified atom stereocenters. The van der Waals surface area contributed by atoms with E-state index in [4.69, 9.17) is 0 Å². The fourth-order valence-electron chi connectivity index (χ4n) is 2.90. The molecule has 128 valence electrons. The maximum atomic E-state index is 12.4. The number of benzene rings is 3. The van der Waals surface area contributed by atoms with Crippen LogP contribution < -0.4 is 15.7 Å². The van der Waals surface area contributed by atoms with Gasteiger partial charge in [-0.1, -0.05) is 85.4 Å². The van der Waals surface area contributed by atoms with Crippen LogP contribution in [0, 0.1) is 18.4 Å². The second-order valence-corrected chi connectivity index (χ2v) is 10.0. The quantitative estimate of drug-likeness (QED) is 0.566. The molecule has 0 radical (unpaired) electrons. The van der Waals surface area contributed by atoms with Crippen molar-refractivity contribution in [2.24, 2.45) is 0 Å². The number of hydrogen-bond acceptors (Lipinski definition) is 1. The van der Waals surface area contributed by atoms with Crippen molar-refractivity contribution >= 4 is 30.0 Å². The molecule has 0 spiro atoms. The summed E-state index contributed by atoms with van der Waals surface area (Å²) in [6.07, 6.45) is 0. The van der Waals surface area contributed by atoms with E-state index >= 15 is 0 Å². The Morgan fingerprint density at radius 1 is 0.808 bits per heavy atom. The van der Waals surface area contributed by atoms with Crippen molar-refractivity contribution in [1.82, 2.24) is 0 Å². The maximum absolute atomic E-state index is 12.4. The number of carbonyl (C=O) groups excluding carboxylic acids is 1. The van der Waals surface area contributed by atoms with Crippen LogP contribution in [0.1, 0.15) is 5.56 Å². The van der Waals surface area contributed by atoms with E-state index in [0.717, 1.165) is 11.3 Å². The van der Waals surface area contributed by atoms with E-state index in [0.29, 0.717) is 0 Å². The number of hydrogen-bond donors (Lipinski definition) is 1. The van der Waals surface area contributed by atoms with Crippen molar-refractivity contribution in [3.05, 3.63) is 90.5 Å². The molecule has 0 heterocycles. The highest BCUT2D eigenvalue weighted by atomic mass is 28.3. The molecule has 3 aromatic carbocycles. The molecule has 0 bridgehead atoms. The third kappa shape index (κ3) is 3.93. The molecule has 0 atom stereocenters. The second kappa shape index (κ2) is 7.86. The molecule has 3 rings (SSSR count). The molecule has 2 nitrogen and oxygen atoms in total. The van der Waals surface area contributed by atoms with Crippen molar-refractivity contribution in [1.29, 1.82) is 0 Å². The van der Waals surface area contributed by atoms with E-state index in [1.165, 1.54) is 10.4 Å². The van der Waals surface area contributed by atoms with Crippen molar-refractivity contribution in [3.8, 4) is 11.5 Å². The molecule has 1 amide bonds. The van der Waals surface area contributed by atoms with E-state index in [1.54, 1.807) is 0 Å². The van der Waals surface area contributed by atoms with Crippen LogP contribution in [0.15, 0.2) is 84.9 Å². The van der Waals surface area contributed by atoms with Gasteiger partial charge in [-0.3, -0.25) is 4.79 Å². The first-order chi connectivity index (χ1) is 12.6. The minimum atomic E-state index is -2.32. The topological polar surface area (TPSA) is 29.1 Å². The van der Waals surface area contributed by atoms with Crippen LogP contribution in [0.5, 0.6) is 0 Å². The van der Waals surface area contributed by atoms with Crippen LogP contribution >= 0.6 is 0 Å². The molecule has 0 aliphatic rings. The summed E-state index contributed by atoms with van der Waals surface area (Å²) >= 11 is 0. The van der Waals surface area contributed by atoms with Crippen molar-refractivity contribution in [2.45, 2.75) is 13.5 Å². The fraction of sp³-hybridized carbons (Fsp3) is 0.0870. The monoisotopic (exact) mass is 355 g/mol. The summed E-state index contributed by atoms with van der Waals surface area (Å²) in [6, 6.07) is 28.2. The van der Waals surface area contributed by atoms with E-state index in [1.807, 2.05) is 67.6 Å². The summed E-state index contributed by atoms with van der Waals surface area (Å²) in [4.78, 5) is 12.4. The van der Waals surface area contributed by atoms with Crippen LogP contribution in [-0.4, -0.2) is 14.0 Å². The highest BCUT2D eigenvalue weighted by molar-refractivity contribution is 7.07. The van der Waals surface area contributed by atoms with Gasteiger partial charge in [-0.2, -0.15) is 0 Å². The Labute approximate surface area is 155 Å². The molecule has 0 saturated heterocycles. The predicted octanol–water partition coefficient (Wildman–Crippen LogP) is 3.37. The number of anilines is 1. The number of carbonyl (C=O) groups is 1. The molecule has 0 aromatic heterocycles. The Morgan fingerprint density at radius 2 is 1.31 bits per heavy atom. The molecule has 1 N–H and O–H groups in total. The van der Waals surface area contributed by atoms with E-state index in [2.05, 4.69) is 47.6 Å². The average Bonchev–Trinajstić information content (AvgIpc) is 2.69. The molecule has 0 aliphatic heterocycles. The van der Waals surface area contributed by atoms with Crippen LogP contribution in [0.2, 0.25) is 6.55 Å². The molecular weight excluding hydrogens is 334 g/mol. The van der Waals surface area contributed by atoms with Gasteiger partial charge < -0.3 is 5.32 Å². The van der Waals surface area contributed by atoms with E-state index < -0.39 is 8.07 Å². The zero-order valence-electron chi connectivity index (χ0n) is 15.0. The standard InChI is InChI=1S/C23H21NOSi/c1-19-11-9-10-16-22(19)24-23(25)17-18-26(2,20-12-5-3-6-13-20)21-14-7-4-8-15-21/h3-16H,1-2H3,(H,24,25). The Balaban J connectivity index is 1.94. The van der Waals surface area contributed by atoms with Crippen LogP contribution in [0.3, 0.4) is 0 Å². The first kappa shape index (κ1) is 17.7. The Hall–Kier alpha value is -3.09. The number of nitrogens with one attached hydrogen (secondary N) is 1. The number of rotatable bonds is 3. The largest absolute Gasteiger partial charge is 0.315 e. The molecule has 26 heavy (non-hydrogen) atoms. The number of aryl methyl sites for hydroxylation is 1. The lowest BCUT2D eigenvalue weighted by Gasteiger charge is -2.22. The first-order valence-corrected chi connectivity index (χ1v) is 11.1. The van der Waals surface area contributed by atoms with Gasteiger partial charge in [-0.25, -0.2) is 0 Å². The summed E-state index contributed by atoms with van der Waals surface area (Å²) in [6.45, 7) is 4.15. The minimum absolute atomic E-state index is 0.273. The lowest BCUT2D eigenvalue weighted by Crippen LogP contribution is -2.55. The molecular formula is C23H21NOSi. The van der Waals surface area contributed by atoms with Gasteiger partial charge >= 0.3 is 0 Å². The summed E-state index contributed by atoms with van der Waals surface area (Å²) in [5.41, 5.74) is 5.17. The summed E-state index contributed by atoms with van der Waals surface area (Å²) in [7, 11) is -2.32. The smallest absolute Gasteiger partial charge is 0.299 e. The third-order valence-electron chi connectivity index (χ3n) is 4.52. The Morgan fingerprint density at radius 3 is 1.85 bits per heavy atom. The van der Waals surface area contributed by atoms with Crippen molar-refractivity contribution in [2.75, 3.05) is 5.32 Å². The van der Waals surface area contributed by atoms with Gasteiger partial charge in [-0.05, 0) is 34.8 Å². The number of para-hydroxylation sites is 1. The maximum Gasteiger partial charge on any atom is 0.299 e. The third-order valence-corrected chi connectivity index (χ3v) is 8.12. The highest BCUT2D eigenvalue weighted by Crippen LogP contribution is 2.12. The Kier molecular flexibility index (Phi) is 5.36. The molecule has 0 fully saturated rings. The zero-order chi connectivity index (χ0) is 18.4. The van der Waals surface area contributed by atoms with E-state index in [-0.39, 0.29) is 5.91 Å². The lowest BCUT2D eigenvalue weighted by molar-refractivity contribution is -0.111. The summed E-state index contributed by atoms with van der Waals surface area (Å²) < 4.78 is 0. The van der Waals surface area contributed by atoms with Gasteiger partial charge in [0.05, 0.1) is 0 Å². The number of amides is 1. The van der Waals surface area contributed by atoms with Gasteiger partial charge in [0.2, 0.25) is 0 Å². The Bertz CT molecular complexity index is 916. The molecule has 0 aliphatic carbocycles. The van der Waals surface area contributed by atoms with Crippen molar-refractivity contribution < 1.29 is 4.79 Å². The second-order valence-electron chi connectivity index (χ2n) is 6.38. The molecule has 3 aromatic rings. The van der Waals surface area contributed by atoms with Gasteiger partial charge in [-0.15, -0.1) is 5.54 Å². The summed E-state index contributed by atoms with van der Waals surface area (Å²) in [5.74, 6) is 2.58. The van der Waals surface area contributed by atoms with Gasteiger partial charge in [0, 0.05) is 5.69 Å². The van der Waals surface area contributed by atoms with Gasteiger partial charge in [0.15, 0.2) is 8.07 Å². The van der Waals surface area contributed by atoms with Gasteiger partial charge in [0.1, 0.15) is 0 Å². The van der Waals surface area contributed by atoms with E-state index in [9.17, 15) is 4.79 Å². The predicted molar refractivity (Wildman–Crippen MR) is 111 cm³/mol.